The van der Waals surface area contributed by atoms with Crippen molar-refractivity contribution in [2.45, 2.75) is 56.2 Å². The molecule has 2 aromatic carbocycles. The topological polar surface area (TPSA) is 93.5 Å². The van der Waals surface area contributed by atoms with Crippen molar-refractivity contribution >= 4 is 11.8 Å². The molecule has 1 saturated heterocycles. The first-order chi connectivity index (χ1) is 17.1. The van der Waals surface area contributed by atoms with Crippen LogP contribution in [0.15, 0.2) is 48.5 Å². The average molecular weight is 531 g/mol. The Hall–Kier alpha value is -3.12. The summed E-state index contributed by atoms with van der Waals surface area (Å²) in [6.07, 6.45) is -10.7. The third-order valence-electron chi connectivity index (χ3n) is 6.58. The van der Waals surface area contributed by atoms with E-state index in [1.54, 1.807) is 30.3 Å². The lowest BCUT2D eigenvalue weighted by molar-refractivity contribution is -0.143. The molecule has 2 unspecified atom stereocenters. The number of hydrogen-bond acceptors (Lipinski definition) is 4. The van der Waals surface area contributed by atoms with Gasteiger partial charge < -0.3 is 21.1 Å². The molecule has 2 amide bonds. The van der Waals surface area contributed by atoms with Crippen LogP contribution in [0.25, 0.3) is 0 Å². The minimum atomic E-state index is -4.98. The summed E-state index contributed by atoms with van der Waals surface area (Å²) in [6.45, 7) is 2.40. The number of amides is 2. The summed E-state index contributed by atoms with van der Waals surface area (Å²) in [5, 5.41) is 5.79. The molecule has 1 aliphatic heterocycles. The lowest BCUT2D eigenvalue weighted by Crippen LogP contribution is -2.69. The summed E-state index contributed by atoms with van der Waals surface area (Å²) >= 11 is 0. The number of benzene rings is 2. The van der Waals surface area contributed by atoms with E-state index >= 15 is 0 Å². The molecular formula is C25H27F6N3O3. The van der Waals surface area contributed by atoms with E-state index in [1.807, 2.05) is 0 Å². The van der Waals surface area contributed by atoms with Crippen LogP contribution in [-0.2, 0) is 32.2 Å². The minimum Gasteiger partial charge on any atom is -0.372 e. The molecule has 1 fully saturated rings. The summed E-state index contributed by atoms with van der Waals surface area (Å²) in [7, 11) is 0. The Morgan fingerprint density at radius 3 is 2.03 bits per heavy atom. The number of nitrogens with one attached hydrogen (secondary N) is 2. The Balaban J connectivity index is 1.90. The van der Waals surface area contributed by atoms with E-state index in [-0.39, 0.29) is 37.6 Å². The van der Waals surface area contributed by atoms with Crippen LogP contribution in [0.5, 0.6) is 0 Å². The molecule has 0 aliphatic carbocycles. The number of rotatable bonds is 7. The number of nitrogens with two attached hydrogens (primary N) is 1. The minimum absolute atomic E-state index is 0.0592. The number of halogens is 6. The quantitative estimate of drug-likeness (QED) is 0.461. The number of carbonyl (C=O) groups is 2. The van der Waals surface area contributed by atoms with Crippen LogP contribution in [0, 0.1) is 0 Å². The summed E-state index contributed by atoms with van der Waals surface area (Å²) in [6, 6.07) is 10.2. The number of primary amides is 1. The molecule has 4 N–H and O–H groups in total. The molecule has 12 heteroatoms. The van der Waals surface area contributed by atoms with Gasteiger partial charge in [0.15, 0.2) is 0 Å². The van der Waals surface area contributed by atoms with Crippen LogP contribution in [0.2, 0.25) is 0 Å². The maximum absolute atomic E-state index is 13.3. The molecule has 0 saturated carbocycles. The lowest BCUT2D eigenvalue weighted by atomic mass is 9.76. The monoisotopic (exact) mass is 531 g/mol. The Labute approximate surface area is 209 Å². The van der Waals surface area contributed by atoms with Crippen molar-refractivity contribution in [1.29, 1.82) is 0 Å². The zero-order valence-electron chi connectivity index (χ0n) is 20.1. The molecule has 1 heterocycles. The highest BCUT2D eigenvalue weighted by molar-refractivity contribution is 5.90. The summed E-state index contributed by atoms with van der Waals surface area (Å²) in [4.78, 5) is 23.9. The fourth-order valence-electron chi connectivity index (χ4n) is 4.43. The van der Waals surface area contributed by atoms with E-state index in [2.05, 4.69) is 10.6 Å². The second kappa shape index (κ2) is 10.3. The van der Waals surface area contributed by atoms with Gasteiger partial charge in [0.25, 0.3) is 0 Å². The third-order valence-corrected chi connectivity index (χ3v) is 6.58. The van der Waals surface area contributed by atoms with E-state index in [4.69, 9.17) is 10.5 Å². The molecule has 202 valence electrons. The van der Waals surface area contributed by atoms with Gasteiger partial charge in [0.1, 0.15) is 5.54 Å². The van der Waals surface area contributed by atoms with E-state index in [0.717, 1.165) is 5.56 Å². The second-order valence-electron chi connectivity index (χ2n) is 9.22. The summed E-state index contributed by atoms with van der Waals surface area (Å²) < 4.78 is 85.7. The van der Waals surface area contributed by atoms with Crippen molar-refractivity contribution in [3.63, 3.8) is 0 Å². The molecule has 0 spiro atoms. The Kier molecular flexibility index (Phi) is 7.94. The molecule has 1 aliphatic rings. The maximum Gasteiger partial charge on any atom is 0.416 e. The molecule has 2 aromatic rings. The largest absolute Gasteiger partial charge is 0.416 e. The van der Waals surface area contributed by atoms with Crippen molar-refractivity contribution < 1.29 is 40.7 Å². The van der Waals surface area contributed by atoms with E-state index in [9.17, 15) is 35.9 Å². The smallest absolute Gasteiger partial charge is 0.372 e. The second-order valence-corrected chi connectivity index (χ2v) is 9.22. The molecule has 0 bridgehead atoms. The molecule has 6 nitrogen and oxygen atoms in total. The van der Waals surface area contributed by atoms with Gasteiger partial charge >= 0.3 is 12.4 Å². The van der Waals surface area contributed by atoms with Gasteiger partial charge in [0, 0.05) is 13.5 Å². The van der Waals surface area contributed by atoms with Gasteiger partial charge in [-0.25, -0.2) is 0 Å². The molecule has 3 rings (SSSR count). The fourth-order valence-corrected chi connectivity index (χ4v) is 4.43. The first-order valence-corrected chi connectivity index (χ1v) is 11.4. The van der Waals surface area contributed by atoms with E-state index < -0.39 is 52.5 Å². The predicted molar refractivity (Wildman–Crippen MR) is 122 cm³/mol. The van der Waals surface area contributed by atoms with Gasteiger partial charge in [-0.05, 0) is 49.1 Å². The molecule has 0 aromatic heterocycles. The van der Waals surface area contributed by atoms with Crippen LogP contribution < -0.4 is 16.4 Å². The van der Waals surface area contributed by atoms with Gasteiger partial charge in [0.2, 0.25) is 11.8 Å². The summed E-state index contributed by atoms with van der Waals surface area (Å²) in [5.74, 6) is -1.20. The first kappa shape index (κ1) is 28.5. The number of alkyl halides is 6. The first-order valence-electron chi connectivity index (χ1n) is 11.4. The van der Waals surface area contributed by atoms with Gasteiger partial charge in [-0.2, -0.15) is 26.3 Å². The highest BCUT2D eigenvalue weighted by Crippen LogP contribution is 2.39. The Bertz CT molecular complexity index is 1090. The van der Waals surface area contributed by atoms with Gasteiger partial charge in [-0.15, -0.1) is 0 Å². The zero-order chi connectivity index (χ0) is 27.6. The normalized spacial score (nSPS) is 23.4. The zero-order valence-corrected chi connectivity index (χ0v) is 20.1. The van der Waals surface area contributed by atoms with Gasteiger partial charge in [0.05, 0.1) is 29.4 Å². The number of hydrogen-bond donors (Lipinski definition) is 3. The van der Waals surface area contributed by atoms with Crippen LogP contribution in [0.3, 0.4) is 0 Å². The maximum atomic E-state index is 13.3. The van der Waals surface area contributed by atoms with Gasteiger partial charge in [-0.3, -0.25) is 9.59 Å². The number of carbonyl (C=O) groups excluding carboxylic acids is 2. The van der Waals surface area contributed by atoms with E-state index in [0.29, 0.717) is 12.1 Å². The van der Waals surface area contributed by atoms with Crippen molar-refractivity contribution in [3.8, 4) is 0 Å². The fraction of sp³-hybridized carbons (Fsp3) is 0.440. The van der Waals surface area contributed by atoms with Crippen LogP contribution >= 0.6 is 0 Å². The highest BCUT2D eigenvalue weighted by Gasteiger charge is 2.48. The summed E-state index contributed by atoms with van der Waals surface area (Å²) in [5.41, 5.74) is 0.829. The Morgan fingerprint density at radius 2 is 1.59 bits per heavy atom. The SMILES string of the molecule is CC(=O)N[C@@]1(C(N)=O)CCC(COC(C)c2cc(C(F)(F)F)cc(C(F)(F)F)c2)(c2ccccc2)NC1. The van der Waals surface area contributed by atoms with Crippen molar-refractivity contribution in [3.05, 3.63) is 70.8 Å². The highest BCUT2D eigenvalue weighted by atomic mass is 19.4. The lowest BCUT2D eigenvalue weighted by Gasteiger charge is -2.46. The molecule has 3 atom stereocenters. The molecule has 37 heavy (non-hydrogen) atoms. The Morgan fingerprint density at radius 1 is 1.03 bits per heavy atom. The van der Waals surface area contributed by atoms with Crippen LogP contribution in [-0.4, -0.2) is 30.5 Å². The van der Waals surface area contributed by atoms with Crippen molar-refractivity contribution in [2.75, 3.05) is 13.2 Å². The average Bonchev–Trinajstić information content (AvgIpc) is 2.82. The molecule has 0 radical (unpaired) electrons. The molecular weight excluding hydrogens is 504 g/mol. The number of ether oxygens (including phenoxy) is 1. The van der Waals surface area contributed by atoms with Crippen molar-refractivity contribution in [2.24, 2.45) is 5.73 Å². The van der Waals surface area contributed by atoms with E-state index in [1.165, 1.54) is 13.8 Å². The van der Waals surface area contributed by atoms with Crippen molar-refractivity contribution in [1.82, 2.24) is 10.6 Å². The number of piperidine rings is 1. The van der Waals surface area contributed by atoms with Crippen LogP contribution in [0.4, 0.5) is 26.3 Å². The predicted octanol–water partition coefficient (Wildman–Crippen LogP) is 4.44. The standard InChI is InChI=1S/C25H27F6N3O3/c1-15(17-10-19(24(26,27)28)12-20(11-17)25(29,30)31)37-14-23(18-6-4-3-5-7-18)9-8-22(13-33-23,21(32)36)34-16(2)35/h3-7,10-12,15,33H,8-9,13-14H2,1-2H3,(H2,32,36)(H,34,35)/t15?,22-,23?/m0/s1. The third kappa shape index (κ3) is 6.42. The van der Waals surface area contributed by atoms with Gasteiger partial charge in [-0.1, -0.05) is 30.3 Å². The van der Waals surface area contributed by atoms with Crippen LogP contribution in [0.1, 0.15) is 55.0 Å².